The normalized spacial score (nSPS) is 13.2. The molecule has 3 heterocycles. The monoisotopic (exact) mass is 460 g/mol. The number of hydrogen-bond donors (Lipinski definition) is 2. The summed E-state index contributed by atoms with van der Waals surface area (Å²) < 4.78 is 0. The fourth-order valence-electron chi connectivity index (χ4n) is 3.47. The predicted octanol–water partition coefficient (Wildman–Crippen LogP) is 7.37. The molecule has 0 saturated carbocycles. The van der Waals surface area contributed by atoms with Gasteiger partial charge < -0.3 is 10.2 Å². The molecule has 0 amide bonds. The second kappa shape index (κ2) is 8.91. The topological polar surface area (TPSA) is 40.5 Å². The van der Waals surface area contributed by atoms with Crippen LogP contribution in [0.3, 0.4) is 0 Å². The lowest BCUT2D eigenvalue weighted by Gasteiger charge is -2.08. The van der Waals surface area contributed by atoms with Crippen LogP contribution < -0.4 is 0 Å². The molecule has 0 aliphatic heterocycles. The molecule has 2 N–H and O–H groups in total. The summed E-state index contributed by atoms with van der Waals surface area (Å²) in [4.78, 5) is 6.57. The molecule has 5 aromatic rings. The molecule has 0 aliphatic carbocycles. The van der Waals surface area contributed by atoms with Crippen LogP contribution in [0.1, 0.15) is 33.1 Å². The van der Waals surface area contributed by atoms with E-state index in [0.29, 0.717) is 0 Å². The van der Waals surface area contributed by atoms with E-state index in [4.69, 9.17) is 0 Å². The molecule has 2 nitrogen and oxygen atoms in total. The smallest absolute Gasteiger partial charge is 0.113 e. The molecule has 0 saturated heterocycles. The molecule has 31 heavy (non-hydrogen) atoms. The van der Waals surface area contributed by atoms with Crippen LogP contribution >= 0.6 is 34.0 Å². The summed E-state index contributed by atoms with van der Waals surface area (Å²) >= 11 is 5.00. The Kier molecular flexibility index (Phi) is 5.85. The first-order chi connectivity index (χ1) is 15.2. The fourth-order valence-corrected chi connectivity index (χ4v) is 6.70. The quantitative estimate of drug-likeness (QED) is 0.278. The number of benzene rings is 2. The van der Waals surface area contributed by atoms with Crippen molar-refractivity contribution in [2.45, 2.75) is 12.2 Å². The Balaban J connectivity index is 1.35. The van der Waals surface area contributed by atoms with E-state index in [1.165, 1.54) is 9.75 Å². The van der Waals surface area contributed by atoms with E-state index in [2.05, 4.69) is 24.3 Å². The van der Waals surface area contributed by atoms with E-state index >= 15 is 0 Å². The third-order valence-corrected chi connectivity index (χ3v) is 8.87. The van der Waals surface area contributed by atoms with Gasteiger partial charge in [0.15, 0.2) is 0 Å². The lowest BCUT2D eigenvalue weighted by atomic mass is 10.1. The second-order valence-corrected chi connectivity index (χ2v) is 10.5. The molecule has 0 radical (unpaired) electrons. The van der Waals surface area contributed by atoms with Gasteiger partial charge in [0.25, 0.3) is 0 Å². The van der Waals surface area contributed by atoms with Crippen LogP contribution in [0.25, 0.3) is 19.5 Å². The Labute approximate surface area is 193 Å². The minimum absolute atomic E-state index is 0.598. The first-order valence-electron chi connectivity index (χ1n) is 9.95. The van der Waals surface area contributed by atoms with Crippen molar-refractivity contribution in [1.29, 1.82) is 0 Å². The molecular formula is C26H20O2S3. The van der Waals surface area contributed by atoms with Crippen molar-refractivity contribution in [2.75, 3.05) is 0 Å². The van der Waals surface area contributed by atoms with Crippen LogP contribution in [-0.4, -0.2) is 10.2 Å². The lowest BCUT2D eigenvalue weighted by Crippen LogP contribution is -1.95. The summed E-state index contributed by atoms with van der Waals surface area (Å²) in [6.45, 7) is 0. The molecule has 154 valence electrons. The molecule has 2 unspecified atom stereocenters. The maximum Gasteiger partial charge on any atom is 0.113 e. The number of rotatable bonds is 6. The summed E-state index contributed by atoms with van der Waals surface area (Å²) in [5, 5.41) is 21.4. The van der Waals surface area contributed by atoms with Gasteiger partial charge in [-0.25, -0.2) is 0 Å². The number of thiophene rings is 3. The van der Waals surface area contributed by atoms with Crippen molar-refractivity contribution >= 4 is 34.0 Å². The third kappa shape index (κ3) is 4.28. The van der Waals surface area contributed by atoms with E-state index in [0.717, 1.165) is 30.6 Å². The predicted molar refractivity (Wildman–Crippen MR) is 132 cm³/mol. The molecule has 3 aromatic heterocycles. The molecule has 0 aliphatic rings. The largest absolute Gasteiger partial charge is 0.383 e. The summed E-state index contributed by atoms with van der Waals surface area (Å²) in [5.41, 5.74) is 1.82. The van der Waals surface area contributed by atoms with Gasteiger partial charge in [-0.2, -0.15) is 0 Å². The number of aliphatic hydroxyl groups excluding tert-OH is 2. The van der Waals surface area contributed by atoms with Gasteiger partial charge in [-0.15, -0.1) is 34.0 Å². The van der Waals surface area contributed by atoms with Gasteiger partial charge in [-0.3, -0.25) is 0 Å². The highest BCUT2D eigenvalue weighted by molar-refractivity contribution is 7.26. The van der Waals surface area contributed by atoms with Gasteiger partial charge in [-0.1, -0.05) is 60.7 Å². The van der Waals surface area contributed by atoms with E-state index in [1.807, 2.05) is 72.8 Å². The Morgan fingerprint density at radius 1 is 0.419 bits per heavy atom. The molecule has 0 spiro atoms. The minimum atomic E-state index is -0.598. The summed E-state index contributed by atoms with van der Waals surface area (Å²) in [7, 11) is 0. The molecule has 0 fully saturated rings. The Hall–Kier alpha value is -2.54. The molecular weight excluding hydrogens is 440 g/mol. The average Bonchev–Trinajstić information content (AvgIpc) is 3.59. The van der Waals surface area contributed by atoms with Gasteiger partial charge in [0.2, 0.25) is 0 Å². The van der Waals surface area contributed by atoms with Gasteiger partial charge in [0.1, 0.15) is 12.2 Å². The van der Waals surface area contributed by atoms with Crippen LogP contribution in [0, 0.1) is 0 Å². The SMILES string of the molecule is OC(c1ccccc1)c1ccc(-c2ccc(-c3ccc(C(O)c4ccccc4)s3)s2)s1. The maximum absolute atomic E-state index is 10.7. The van der Waals surface area contributed by atoms with Crippen molar-refractivity contribution in [2.24, 2.45) is 0 Å². The third-order valence-electron chi connectivity index (χ3n) is 5.11. The first-order valence-corrected chi connectivity index (χ1v) is 12.4. The van der Waals surface area contributed by atoms with Gasteiger partial charge >= 0.3 is 0 Å². The van der Waals surface area contributed by atoms with E-state index in [1.54, 1.807) is 34.0 Å². The Morgan fingerprint density at radius 3 is 1.19 bits per heavy atom. The average molecular weight is 461 g/mol. The zero-order valence-corrected chi connectivity index (χ0v) is 19.0. The van der Waals surface area contributed by atoms with Crippen LogP contribution in [0.15, 0.2) is 97.1 Å². The van der Waals surface area contributed by atoms with Gasteiger partial charge in [0, 0.05) is 29.3 Å². The maximum atomic E-state index is 10.7. The Bertz CT molecular complexity index is 1170. The van der Waals surface area contributed by atoms with Crippen LogP contribution in [0.2, 0.25) is 0 Å². The highest BCUT2D eigenvalue weighted by Crippen LogP contribution is 2.42. The molecule has 5 rings (SSSR count). The molecule has 2 atom stereocenters. The Morgan fingerprint density at radius 2 is 0.774 bits per heavy atom. The first kappa shape index (κ1) is 20.4. The zero-order valence-electron chi connectivity index (χ0n) is 16.5. The van der Waals surface area contributed by atoms with Crippen molar-refractivity contribution < 1.29 is 10.2 Å². The molecule has 0 bridgehead atoms. The van der Waals surface area contributed by atoms with Crippen LogP contribution in [0.5, 0.6) is 0 Å². The molecule has 5 heteroatoms. The standard InChI is InChI=1S/C26H20O2S3/c27-25(17-7-3-1-4-8-17)23-15-13-21(30-23)19-11-12-20(29-19)22-14-16-24(31-22)26(28)18-9-5-2-6-10-18/h1-16,25-28H. The van der Waals surface area contributed by atoms with Crippen molar-refractivity contribution in [3.63, 3.8) is 0 Å². The van der Waals surface area contributed by atoms with Crippen molar-refractivity contribution in [3.8, 4) is 19.5 Å². The van der Waals surface area contributed by atoms with Crippen molar-refractivity contribution in [1.82, 2.24) is 0 Å². The van der Waals surface area contributed by atoms with E-state index in [-0.39, 0.29) is 0 Å². The fraction of sp³-hybridized carbons (Fsp3) is 0.0769. The van der Waals surface area contributed by atoms with Gasteiger partial charge in [-0.05, 0) is 47.5 Å². The highest BCUT2D eigenvalue weighted by Gasteiger charge is 2.16. The van der Waals surface area contributed by atoms with Crippen molar-refractivity contribution in [3.05, 3.63) is 118 Å². The summed E-state index contributed by atoms with van der Waals surface area (Å²) in [6.07, 6.45) is -1.20. The van der Waals surface area contributed by atoms with E-state index in [9.17, 15) is 10.2 Å². The summed E-state index contributed by atoms with van der Waals surface area (Å²) in [5.74, 6) is 0. The lowest BCUT2D eigenvalue weighted by molar-refractivity contribution is 0.224. The highest BCUT2D eigenvalue weighted by atomic mass is 32.1. The minimum Gasteiger partial charge on any atom is -0.383 e. The molecule has 2 aromatic carbocycles. The number of hydrogen-bond acceptors (Lipinski definition) is 5. The van der Waals surface area contributed by atoms with Gasteiger partial charge in [0.05, 0.1) is 0 Å². The number of aliphatic hydroxyl groups is 2. The second-order valence-electron chi connectivity index (χ2n) is 7.19. The summed E-state index contributed by atoms with van der Waals surface area (Å²) in [6, 6.07) is 32.0. The van der Waals surface area contributed by atoms with E-state index < -0.39 is 12.2 Å². The van der Waals surface area contributed by atoms with Crippen LogP contribution in [-0.2, 0) is 0 Å². The van der Waals surface area contributed by atoms with Crippen LogP contribution in [0.4, 0.5) is 0 Å². The zero-order chi connectivity index (χ0) is 21.2.